The molecule has 0 amide bonds. The molecular weight excluding hydrogens is 316 g/mol. The molecule has 0 bridgehead atoms. The summed E-state index contributed by atoms with van der Waals surface area (Å²) in [7, 11) is 0. The van der Waals surface area contributed by atoms with Gasteiger partial charge in [-0.1, -0.05) is 0 Å². The van der Waals surface area contributed by atoms with E-state index in [1.165, 1.54) is 6.42 Å². The number of aromatic nitrogens is 5. The fraction of sp³-hybridized carbons (Fsp3) is 0.412. The quantitative estimate of drug-likeness (QED) is 0.661. The molecule has 1 fully saturated rings. The van der Waals surface area contributed by atoms with Gasteiger partial charge in [-0.25, -0.2) is 15.0 Å². The monoisotopic (exact) mass is 338 g/mol. The van der Waals surface area contributed by atoms with Crippen LogP contribution in [-0.4, -0.2) is 37.7 Å². The number of nitrogens with one attached hydrogen (secondary N) is 2. The van der Waals surface area contributed by atoms with Gasteiger partial charge >= 0.3 is 0 Å². The summed E-state index contributed by atoms with van der Waals surface area (Å²) < 4.78 is 1.85. The van der Waals surface area contributed by atoms with E-state index in [0.717, 1.165) is 47.8 Å². The Morgan fingerprint density at radius 3 is 2.92 bits per heavy atom. The van der Waals surface area contributed by atoms with Crippen LogP contribution < -0.4 is 16.4 Å². The third-order valence-electron chi connectivity index (χ3n) is 4.58. The Morgan fingerprint density at radius 2 is 2.16 bits per heavy atom. The lowest BCUT2D eigenvalue weighted by Crippen LogP contribution is -2.29. The van der Waals surface area contributed by atoms with Crippen LogP contribution in [0.1, 0.15) is 35.6 Å². The van der Waals surface area contributed by atoms with E-state index >= 15 is 0 Å². The van der Waals surface area contributed by atoms with Gasteiger partial charge in [-0.15, -0.1) is 0 Å². The van der Waals surface area contributed by atoms with Crippen molar-refractivity contribution in [3.8, 4) is 0 Å². The van der Waals surface area contributed by atoms with Gasteiger partial charge in [0.25, 0.3) is 0 Å². The number of nitrogen functional groups attached to an aromatic ring is 1. The molecule has 0 aromatic carbocycles. The molecule has 0 aliphatic carbocycles. The van der Waals surface area contributed by atoms with Gasteiger partial charge in [0.05, 0.1) is 11.9 Å². The lowest BCUT2D eigenvalue weighted by atomic mass is 9.96. The predicted molar refractivity (Wildman–Crippen MR) is 96.3 cm³/mol. The van der Waals surface area contributed by atoms with Crippen molar-refractivity contribution in [2.75, 3.05) is 24.1 Å². The van der Waals surface area contributed by atoms with E-state index in [9.17, 15) is 0 Å². The van der Waals surface area contributed by atoms with Crippen molar-refractivity contribution in [3.63, 3.8) is 0 Å². The van der Waals surface area contributed by atoms with Crippen molar-refractivity contribution in [3.05, 3.63) is 41.5 Å². The number of nitrogens with zero attached hydrogens (tertiary/aromatic N) is 5. The highest BCUT2D eigenvalue weighted by Gasteiger charge is 2.19. The smallest absolute Gasteiger partial charge is 0.219 e. The number of anilines is 2. The van der Waals surface area contributed by atoms with Crippen LogP contribution in [-0.2, 0) is 6.54 Å². The summed E-state index contributed by atoms with van der Waals surface area (Å²) in [6.07, 6.45) is 7.65. The number of hydrogen-bond acceptors (Lipinski definition) is 7. The van der Waals surface area contributed by atoms with Crippen LogP contribution in [0.25, 0.3) is 5.65 Å². The first-order valence-corrected chi connectivity index (χ1v) is 8.57. The van der Waals surface area contributed by atoms with E-state index in [1.807, 2.05) is 17.6 Å². The second kappa shape index (κ2) is 6.64. The van der Waals surface area contributed by atoms with Crippen molar-refractivity contribution in [2.45, 2.75) is 32.2 Å². The average Bonchev–Trinajstić information content (AvgIpc) is 3.03. The molecule has 4 N–H and O–H groups in total. The van der Waals surface area contributed by atoms with Gasteiger partial charge in [-0.05, 0) is 26.3 Å². The van der Waals surface area contributed by atoms with Crippen molar-refractivity contribution < 1.29 is 0 Å². The number of piperidine rings is 1. The lowest BCUT2D eigenvalue weighted by molar-refractivity contribution is 0.455. The lowest BCUT2D eigenvalue weighted by Gasteiger charge is -2.23. The first kappa shape index (κ1) is 15.8. The first-order valence-electron chi connectivity index (χ1n) is 8.57. The molecule has 8 nitrogen and oxygen atoms in total. The Kier molecular flexibility index (Phi) is 4.19. The van der Waals surface area contributed by atoms with E-state index in [4.69, 9.17) is 10.7 Å². The standard InChI is InChI=1S/C17H22N8/c1-11-6-23-25-15(20-7-12-8-21-17(18)22-9-12)5-14(24-16(11)25)13-3-2-4-19-10-13/h5-6,8-9,13,19-20H,2-4,7,10H2,1H3,(H2,18,21,22). The van der Waals surface area contributed by atoms with Gasteiger partial charge in [0, 0.05) is 48.6 Å². The number of rotatable bonds is 4. The molecule has 1 atom stereocenters. The molecule has 4 rings (SSSR count). The molecule has 25 heavy (non-hydrogen) atoms. The number of aryl methyl sites for hydroxylation is 1. The largest absolute Gasteiger partial charge is 0.368 e. The number of hydrogen-bond donors (Lipinski definition) is 3. The molecule has 3 aromatic rings. The maximum atomic E-state index is 5.54. The predicted octanol–water partition coefficient (Wildman–Crippen LogP) is 1.49. The third-order valence-corrected chi connectivity index (χ3v) is 4.58. The van der Waals surface area contributed by atoms with Crippen LogP contribution in [0.2, 0.25) is 0 Å². The van der Waals surface area contributed by atoms with Crippen LogP contribution in [0, 0.1) is 6.92 Å². The maximum Gasteiger partial charge on any atom is 0.219 e. The Bertz CT molecular complexity index is 864. The fourth-order valence-corrected chi connectivity index (χ4v) is 3.18. The summed E-state index contributed by atoms with van der Waals surface area (Å²) in [5.41, 5.74) is 9.59. The van der Waals surface area contributed by atoms with E-state index in [-0.39, 0.29) is 5.95 Å². The van der Waals surface area contributed by atoms with E-state index in [1.54, 1.807) is 12.4 Å². The fourth-order valence-electron chi connectivity index (χ4n) is 3.18. The third kappa shape index (κ3) is 3.25. The van der Waals surface area contributed by atoms with Crippen LogP contribution in [0.5, 0.6) is 0 Å². The molecular formula is C17H22N8. The van der Waals surface area contributed by atoms with Crippen LogP contribution >= 0.6 is 0 Å². The Morgan fingerprint density at radius 1 is 1.32 bits per heavy atom. The van der Waals surface area contributed by atoms with Crippen LogP contribution in [0.15, 0.2) is 24.7 Å². The second-order valence-corrected chi connectivity index (χ2v) is 6.48. The van der Waals surface area contributed by atoms with Crippen molar-refractivity contribution in [1.29, 1.82) is 0 Å². The molecule has 1 aliphatic rings. The molecule has 1 unspecified atom stereocenters. The molecule has 130 valence electrons. The first-order chi connectivity index (χ1) is 12.2. The van der Waals surface area contributed by atoms with Crippen molar-refractivity contribution in [1.82, 2.24) is 29.9 Å². The highest BCUT2D eigenvalue weighted by molar-refractivity contribution is 5.54. The van der Waals surface area contributed by atoms with Crippen LogP contribution in [0.3, 0.4) is 0 Å². The van der Waals surface area contributed by atoms with E-state index in [2.05, 4.69) is 31.8 Å². The second-order valence-electron chi connectivity index (χ2n) is 6.48. The molecule has 0 radical (unpaired) electrons. The highest BCUT2D eigenvalue weighted by atomic mass is 15.3. The molecule has 4 heterocycles. The summed E-state index contributed by atoms with van der Waals surface area (Å²) in [6, 6.07) is 2.11. The zero-order valence-electron chi connectivity index (χ0n) is 14.2. The normalized spacial score (nSPS) is 17.7. The van der Waals surface area contributed by atoms with Crippen molar-refractivity contribution in [2.24, 2.45) is 0 Å². The van der Waals surface area contributed by atoms with Gasteiger partial charge in [0.1, 0.15) is 5.82 Å². The molecule has 3 aromatic heterocycles. The van der Waals surface area contributed by atoms with Gasteiger partial charge in [0.15, 0.2) is 5.65 Å². The summed E-state index contributed by atoms with van der Waals surface area (Å²) in [6.45, 7) is 4.70. The number of nitrogens with two attached hydrogens (primary N) is 1. The van der Waals surface area contributed by atoms with Gasteiger partial charge in [0.2, 0.25) is 5.95 Å². The highest BCUT2D eigenvalue weighted by Crippen LogP contribution is 2.26. The summed E-state index contributed by atoms with van der Waals surface area (Å²) in [5, 5.41) is 11.4. The summed E-state index contributed by atoms with van der Waals surface area (Å²) in [5.74, 6) is 1.65. The van der Waals surface area contributed by atoms with Gasteiger partial charge < -0.3 is 16.4 Å². The molecule has 0 saturated carbocycles. The molecule has 8 heteroatoms. The molecule has 0 spiro atoms. The number of fused-ring (bicyclic) bond motifs is 1. The SMILES string of the molecule is Cc1cnn2c(NCc3cnc(N)nc3)cc(C3CCCNC3)nc12. The summed E-state index contributed by atoms with van der Waals surface area (Å²) >= 11 is 0. The van der Waals surface area contributed by atoms with Gasteiger partial charge in [-0.2, -0.15) is 9.61 Å². The van der Waals surface area contributed by atoms with Crippen LogP contribution in [0.4, 0.5) is 11.8 Å². The Hall–Kier alpha value is -2.74. The zero-order chi connectivity index (χ0) is 17.2. The molecule has 1 saturated heterocycles. The zero-order valence-corrected chi connectivity index (χ0v) is 14.2. The minimum Gasteiger partial charge on any atom is -0.368 e. The Balaban J connectivity index is 1.64. The molecule has 1 aliphatic heterocycles. The summed E-state index contributed by atoms with van der Waals surface area (Å²) in [4.78, 5) is 12.9. The van der Waals surface area contributed by atoms with Gasteiger partial charge in [-0.3, -0.25) is 0 Å². The van der Waals surface area contributed by atoms with Crippen molar-refractivity contribution >= 4 is 17.4 Å². The minimum absolute atomic E-state index is 0.282. The minimum atomic E-state index is 0.282. The topological polar surface area (TPSA) is 106 Å². The Labute approximate surface area is 145 Å². The maximum absolute atomic E-state index is 5.54. The average molecular weight is 338 g/mol. The van der Waals surface area contributed by atoms with E-state index in [0.29, 0.717) is 12.5 Å². The van der Waals surface area contributed by atoms with E-state index < -0.39 is 0 Å².